The minimum atomic E-state index is 0.445. The Labute approximate surface area is 96.2 Å². The number of nitrogen functional groups attached to an aromatic ring is 1. The zero-order valence-electron chi connectivity index (χ0n) is 9.50. The normalized spacial score (nSPS) is 12.5. The minimum absolute atomic E-state index is 0.445. The van der Waals surface area contributed by atoms with Gasteiger partial charge < -0.3 is 10.6 Å². The van der Waals surface area contributed by atoms with Gasteiger partial charge in [0.1, 0.15) is 11.0 Å². The smallest absolute Gasteiger partial charge is 0.133 e. The van der Waals surface area contributed by atoms with Gasteiger partial charge in [-0.15, -0.1) is 0 Å². The Balaban J connectivity index is 2.77. The van der Waals surface area contributed by atoms with Crippen LogP contribution in [0, 0.1) is 5.92 Å². The van der Waals surface area contributed by atoms with Gasteiger partial charge in [-0.25, -0.2) is 4.98 Å². The molecule has 0 aliphatic rings. The molecule has 1 atom stereocenters. The number of hydrogen-bond donors (Lipinski definition) is 1. The first-order valence-corrected chi connectivity index (χ1v) is 5.55. The highest BCUT2D eigenvalue weighted by Crippen LogP contribution is 2.19. The Hall–Kier alpha value is -0.960. The number of aromatic nitrogens is 1. The zero-order chi connectivity index (χ0) is 11.4. The van der Waals surface area contributed by atoms with Crippen LogP contribution in [0.25, 0.3) is 0 Å². The van der Waals surface area contributed by atoms with Gasteiger partial charge in [-0.3, -0.25) is 0 Å². The molecule has 3 nitrogen and oxygen atoms in total. The SMILES string of the molecule is CCC(C)CN(C)c1cc(N)cc(Cl)n1. The first-order chi connectivity index (χ1) is 7.02. The van der Waals surface area contributed by atoms with E-state index >= 15 is 0 Å². The molecule has 1 aromatic heterocycles. The van der Waals surface area contributed by atoms with E-state index in [1.165, 1.54) is 0 Å². The zero-order valence-corrected chi connectivity index (χ0v) is 10.3. The summed E-state index contributed by atoms with van der Waals surface area (Å²) >= 11 is 5.85. The highest BCUT2D eigenvalue weighted by Gasteiger charge is 2.08. The fourth-order valence-electron chi connectivity index (χ4n) is 1.39. The van der Waals surface area contributed by atoms with Crippen LogP contribution in [0.3, 0.4) is 0 Å². The molecule has 1 rings (SSSR count). The molecule has 4 heteroatoms. The molecule has 0 spiro atoms. The van der Waals surface area contributed by atoms with Gasteiger partial charge in [-0.05, 0) is 12.0 Å². The monoisotopic (exact) mass is 227 g/mol. The fourth-order valence-corrected chi connectivity index (χ4v) is 1.60. The molecule has 0 aromatic carbocycles. The first kappa shape index (κ1) is 12.1. The Morgan fingerprint density at radius 2 is 2.20 bits per heavy atom. The van der Waals surface area contributed by atoms with Gasteiger partial charge in [0, 0.05) is 25.3 Å². The third-order valence-electron chi connectivity index (χ3n) is 2.48. The largest absolute Gasteiger partial charge is 0.399 e. The van der Waals surface area contributed by atoms with Crippen molar-refractivity contribution in [1.29, 1.82) is 0 Å². The number of nitrogens with two attached hydrogens (primary N) is 1. The van der Waals surface area contributed by atoms with Crippen LogP contribution in [0.1, 0.15) is 20.3 Å². The van der Waals surface area contributed by atoms with Crippen molar-refractivity contribution < 1.29 is 0 Å². The summed E-state index contributed by atoms with van der Waals surface area (Å²) in [4.78, 5) is 6.31. The van der Waals surface area contributed by atoms with Crippen LogP contribution < -0.4 is 10.6 Å². The van der Waals surface area contributed by atoms with Crippen molar-refractivity contribution in [2.75, 3.05) is 24.2 Å². The van der Waals surface area contributed by atoms with Gasteiger partial charge in [-0.2, -0.15) is 0 Å². The van der Waals surface area contributed by atoms with Crippen molar-refractivity contribution in [3.8, 4) is 0 Å². The van der Waals surface area contributed by atoms with Crippen molar-refractivity contribution in [2.24, 2.45) is 5.92 Å². The van der Waals surface area contributed by atoms with Crippen LogP contribution in [-0.2, 0) is 0 Å². The summed E-state index contributed by atoms with van der Waals surface area (Å²) in [6, 6.07) is 3.50. The maximum Gasteiger partial charge on any atom is 0.133 e. The molecule has 1 heterocycles. The Bertz CT molecular complexity index is 307. The molecule has 0 bridgehead atoms. The van der Waals surface area contributed by atoms with Gasteiger partial charge in [-0.1, -0.05) is 31.9 Å². The lowest BCUT2D eigenvalue weighted by molar-refractivity contribution is 0.558. The quantitative estimate of drug-likeness (QED) is 0.805. The summed E-state index contributed by atoms with van der Waals surface area (Å²) < 4.78 is 0. The topological polar surface area (TPSA) is 42.1 Å². The van der Waals surface area contributed by atoms with E-state index in [2.05, 4.69) is 23.7 Å². The van der Waals surface area contributed by atoms with Crippen LogP contribution in [0.4, 0.5) is 11.5 Å². The van der Waals surface area contributed by atoms with Crippen molar-refractivity contribution in [2.45, 2.75) is 20.3 Å². The van der Waals surface area contributed by atoms with E-state index in [0.717, 1.165) is 18.8 Å². The molecule has 0 radical (unpaired) electrons. The second-order valence-corrected chi connectivity index (χ2v) is 4.36. The molecular weight excluding hydrogens is 210 g/mol. The lowest BCUT2D eigenvalue weighted by Crippen LogP contribution is -2.24. The van der Waals surface area contributed by atoms with E-state index in [0.29, 0.717) is 16.8 Å². The van der Waals surface area contributed by atoms with Crippen LogP contribution in [0.5, 0.6) is 0 Å². The van der Waals surface area contributed by atoms with E-state index in [1.54, 1.807) is 6.07 Å². The minimum Gasteiger partial charge on any atom is -0.399 e. The maximum atomic E-state index is 5.85. The Kier molecular flexibility index (Phi) is 4.21. The van der Waals surface area contributed by atoms with Crippen LogP contribution >= 0.6 is 11.6 Å². The molecule has 0 fully saturated rings. The van der Waals surface area contributed by atoms with Gasteiger partial charge in [0.05, 0.1) is 0 Å². The van der Waals surface area contributed by atoms with E-state index in [1.807, 2.05) is 13.1 Å². The summed E-state index contributed by atoms with van der Waals surface area (Å²) in [5.41, 5.74) is 6.36. The average molecular weight is 228 g/mol. The number of halogens is 1. The van der Waals surface area contributed by atoms with E-state index in [9.17, 15) is 0 Å². The summed E-state index contributed by atoms with van der Waals surface area (Å²) in [6.07, 6.45) is 1.15. The van der Waals surface area contributed by atoms with Crippen molar-refractivity contribution in [3.63, 3.8) is 0 Å². The predicted octanol–water partition coefficient (Wildman–Crippen LogP) is 2.80. The van der Waals surface area contributed by atoms with Crippen LogP contribution in [0.2, 0.25) is 5.15 Å². The number of anilines is 2. The molecule has 15 heavy (non-hydrogen) atoms. The van der Waals surface area contributed by atoms with Gasteiger partial charge in [0.25, 0.3) is 0 Å². The number of pyridine rings is 1. The number of hydrogen-bond acceptors (Lipinski definition) is 3. The molecule has 2 N–H and O–H groups in total. The number of nitrogens with zero attached hydrogens (tertiary/aromatic N) is 2. The molecule has 1 aromatic rings. The van der Waals surface area contributed by atoms with Crippen molar-refractivity contribution in [1.82, 2.24) is 4.98 Å². The molecule has 0 aliphatic carbocycles. The average Bonchev–Trinajstić information content (AvgIpc) is 2.16. The van der Waals surface area contributed by atoms with Crippen molar-refractivity contribution in [3.05, 3.63) is 17.3 Å². The van der Waals surface area contributed by atoms with Crippen LogP contribution in [0.15, 0.2) is 12.1 Å². The van der Waals surface area contributed by atoms with Crippen molar-refractivity contribution >= 4 is 23.1 Å². The van der Waals surface area contributed by atoms with Gasteiger partial charge >= 0.3 is 0 Å². The summed E-state index contributed by atoms with van der Waals surface area (Å²) in [5, 5.41) is 0.445. The second kappa shape index (κ2) is 5.21. The molecule has 0 saturated carbocycles. The van der Waals surface area contributed by atoms with Gasteiger partial charge in [0.15, 0.2) is 0 Å². The van der Waals surface area contributed by atoms with E-state index in [-0.39, 0.29) is 0 Å². The van der Waals surface area contributed by atoms with Gasteiger partial charge in [0.2, 0.25) is 0 Å². The molecule has 0 amide bonds. The number of rotatable bonds is 4. The Morgan fingerprint density at radius 1 is 1.53 bits per heavy atom. The summed E-state index contributed by atoms with van der Waals surface area (Å²) in [6.45, 7) is 5.35. The highest BCUT2D eigenvalue weighted by molar-refractivity contribution is 6.29. The predicted molar refractivity (Wildman–Crippen MR) is 66.4 cm³/mol. The molecule has 1 unspecified atom stereocenters. The Morgan fingerprint density at radius 3 is 2.73 bits per heavy atom. The second-order valence-electron chi connectivity index (χ2n) is 3.98. The summed E-state index contributed by atoms with van der Waals surface area (Å²) in [7, 11) is 2.00. The molecule has 0 saturated heterocycles. The highest BCUT2D eigenvalue weighted by atomic mass is 35.5. The fraction of sp³-hybridized carbons (Fsp3) is 0.545. The van der Waals surface area contributed by atoms with E-state index in [4.69, 9.17) is 17.3 Å². The maximum absolute atomic E-state index is 5.85. The molecule has 84 valence electrons. The third-order valence-corrected chi connectivity index (χ3v) is 2.67. The lowest BCUT2D eigenvalue weighted by Gasteiger charge is -2.22. The standard InChI is InChI=1S/C11H18ClN3/c1-4-8(2)7-15(3)11-6-9(13)5-10(12)14-11/h5-6,8H,4,7H2,1-3H3,(H2,13,14). The molecular formula is C11H18ClN3. The lowest BCUT2D eigenvalue weighted by atomic mass is 10.1. The summed E-state index contributed by atoms with van der Waals surface area (Å²) in [5.74, 6) is 1.47. The van der Waals surface area contributed by atoms with E-state index < -0.39 is 0 Å². The third kappa shape index (κ3) is 3.59. The first-order valence-electron chi connectivity index (χ1n) is 5.17. The van der Waals surface area contributed by atoms with Crippen LogP contribution in [-0.4, -0.2) is 18.6 Å². The molecule has 0 aliphatic heterocycles.